The minimum Gasteiger partial charge on any atom is -0.493 e. The van der Waals surface area contributed by atoms with Crippen molar-refractivity contribution in [1.82, 2.24) is 9.80 Å². The molecule has 2 aromatic carbocycles. The van der Waals surface area contributed by atoms with Gasteiger partial charge in [0.25, 0.3) is 5.91 Å². The van der Waals surface area contributed by atoms with Crippen LogP contribution in [0.2, 0.25) is 0 Å². The second kappa shape index (κ2) is 8.41. The fourth-order valence-corrected chi connectivity index (χ4v) is 4.65. The highest BCUT2D eigenvalue weighted by molar-refractivity contribution is 5.98. The third-order valence-electron chi connectivity index (χ3n) is 6.07. The van der Waals surface area contributed by atoms with E-state index in [0.29, 0.717) is 42.2 Å². The Bertz CT molecular complexity index is 857. The molecule has 154 valence electrons. The Labute approximate surface area is 171 Å². The van der Waals surface area contributed by atoms with Gasteiger partial charge in [-0.1, -0.05) is 24.6 Å². The number of para-hydroxylation sites is 1. The molecule has 2 aliphatic rings. The lowest BCUT2D eigenvalue weighted by Crippen LogP contribution is -2.61. The molecule has 2 unspecified atom stereocenters. The molecule has 0 aliphatic carbocycles. The van der Waals surface area contributed by atoms with Gasteiger partial charge in [0.15, 0.2) is 11.5 Å². The van der Waals surface area contributed by atoms with Crippen molar-refractivity contribution in [3.63, 3.8) is 0 Å². The maximum Gasteiger partial charge on any atom is 0.257 e. The van der Waals surface area contributed by atoms with Gasteiger partial charge in [0, 0.05) is 31.7 Å². The number of ether oxygens (including phenoxy) is 2. The SMILES string of the molecule is COc1cccc(C(=O)N2CC3CCCC(C2)N3Cc2ccc(F)cc2)c1OC. The van der Waals surface area contributed by atoms with Gasteiger partial charge >= 0.3 is 0 Å². The first kappa shape index (κ1) is 19.7. The topological polar surface area (TPSA) is 42.0 Å². The molecule has 0 radical (unpaired) electrons. The Morgan fingerprint density at radius 3 is 2.34 bits per heavy atom. The molecule has 2 atom stereocenters. The monoisotopic (exact) mass is 398 g/mol. The van der Waals surface area contributed by atoms with Crippen LogP contribution in [-0.2, 0) is 6.54 Å². The third-order valence-corrected chi connectivity index (χ3v) is 6.07. The fourth-order valence-electron chi connectivity index (χ4n) is 4.65. The zero-order valence-electron chi connectivity index (χ0n) is 16.9. The van der Waals surface area contributed by atoms with Gasteiger partial charge in [-0.15, -0.1) is 0 Å². The number of benzene rings is 2. The number of piperazine rings is 1. The molecule has 0 saturated carbocycles. The Kier molecular flexibility index (Phi) is 5.72. The smallest absolute Gasteiger partial charge is 0.257 e. The van der Waals surface area contributed by atoms with Crippen molar-refractivity contribution < 1.29 is 18.7 Å². The van der Waals surface area contributed by atoms with E-state index < -0.39 is 0 Å². The summed E-state index contributed by atoms with van der Waals surface area (Å²) < 4.78 is 24.1. The zero-order chi connectivity index (χ0) is 20.4. The number of hydrogen-bond acceptors (Lipinski definition) is 4. The van der Waals surface area contributed by atoms with Gasteiger partial charge in [-0.2, -0.15) is 0 Å². The predicted octanol–water partition coefficient (Wildman–Crippen LogP) is 3.72. The van der Waals surface area contributed by atoms with Crippen LogP contribution in [0.25, 0.3) is 0 Å². The summed E-state index contributed by atoms with van der Waals surface area (Å²) in [6, 6.07) is 12.8. The summed E-state index contributed by atoms with van der Waals surface area (Å²) in [6.45, 7) is 2.17. The lowest BCUT2D eigenvalue weighted by molar-refractivity contribution is -0.00932. The van der Waals surface area contributed by atoms with Crippen LogP contribution >= 0.6 is 0 Å². The highest BCUT2D eigenvalue weighted by atomic mass is 19.1. The Balaban J connectivity index is 1.53. The van der Waals surface area contributed by atoms with E-state index in [9.17, 15) is 9.18 Å². The number of rotatable bonds is 5. The van der Waals surface area contributed by atoms with Gasteiger partial charge in [0.2, 0.25) is 0 Å². The van der Waals surface area contributed by atoms with Gasteiger partial charge in [-0.25, -0.2) is 4.39 Å². The number of fused-ring (bicyclic) bond motifs is 2. The van der Waals surface area contributed by atoms with E-state index in [2.05, 4.69) is 4.90 Å². The molecule has 2 fully saturated rings. The highest BCUT2D eigenvalue weighted by Gasteiger charge is 2.39. The van der Waals surface area contributed by atoms with E-state index in [1.54, 1.807) is 26.4 Å². The molecular formula is C23H27FN2O3. The summed E-state index contributed by atoms with van der Waals surface area (Å²) in [7, 11) is 3.13. The van der Waals surface area contributed by atoms with Gasteiger partial charge in [0.1, 0.15) is 5.82 Å². The van der Waals surface area contributed by atoms with Crippen LogP contribution in [0.1, 0.15) is 35.2 Å². The minimum absolute atomic E-state index is 0.0147. The second-order valence-electron chi connectivity index (χ2n) is 7.79. The molecule has 2 saturated heterocycles. The first-order valence-electron chi connectivity index (χ1n) is 10.1. The number of piperidine rings is 1. The van der Waals surface area contributed by atoms with E-state index in [1.807, 2.05) is 23.1 Å². The number of nitrogens with zero attached hydrogens (tertiary/aromatic N) is 2. The molecule has 1 amide bonds. The van der Waals surface area contributed by atoms with Crippen LogP contribution in [0.15, 0.2) is 42.5 Å². The fraction of sp³-hybridized carbons (Fsp3) is 0.435. The molecule has 2 aromatic rings. The van der Waals surface area contributed by atoms with Crippen molar-refractivity contribution in [1.29, 1.82) is 0 Å². The van der Waals surface area contributed by atoms with Crippen LogP contribution in [0.3, 0.4) is 0 Å². The van der Waals surface area contributed by atoms with E-state index in [-0.39, 0.29) is 11.7 Å². The number of carbonyl (C=O) groups is 1. The number of likely N-dealkylation sites (tertiary alicyclic amines) is 1. The molecule has 29 heavy (non-hydrogen) atoms. The summed E-state index contributed by atoms with van der Waals surface area (Å²) in [4.78, 5) is 17.8. The van der Waals surface area contributed by atoms with Crippen LogP contribution in [0.4, 0.5) is 4.39 Å². The van der Waals surface area contributed by atoms with Crippen molar-refractivity contribution in [3.05, 3.63) is 59.4 Å². The lowest BCUT2D eigenvalue weighted by atomic mass is 9.90. The van der Waals surface area contributed by atoms with Crippen LogP contribution < -0.4 is 9.47 Å². The van der Waals surface area contributed by atoms with E-state index >= 15 is 0 Å². The van der Waals surface area contributed by atoms with Crippen molar-refractivity contribution in [2.45, 2.75) is 37.9 Å². The van der Waals surface area contributed by atoms with E-state index in [0.717, 1.165) is 24.9 Å². The number of halogens is 1. The lowest BCUT2D eigenvalue weighted by Gasteiger charge is -2.50. The van der Waals surface area contributed by atoms with Crippen LogP contribution in [0.5, 0.6) is 11.5 Å². The summed E-state index contributed by atoms with van der Waals surface area (Å²) >= 11 is 0. The van der Waals surface area contributed by atoms with Crippen molar-refractivity contribution >= 4 is 5.91 Å². The van der Waals surface area contributed by atoms with Crippen molar-refractivity contribution in [2.24, 2.45) is 0 Å². The maximum atomic E-state index is 13.3. The average molecular weight is 398 g/mol. The molecule has 2 aliphatic heterocycles. The number of methoxy groups -OCH3 is 2. The standard InChI is InChI=1S/C23H27FN2O3/c1-28-21-8-4-7-20(22(21)29-2)23(27)25-14-18-5-3-6-19(15-25)26(18)13-16-9-11-17(24)12-10-16/h4,7-12,18-19H,3,5-6,13-15H2,1-2H3. The third kappa shape index (κ3) is 3.94. The zero-order valence-corrected chi connectivity index (χ0v) is 16.9. The predicted molar refractivity (Wildman–Crippen MR) is 109 cm³/mol. The number of carbonyl (C=O) groups excluding carboxylic acids is 1. The molecule has 2 heterocycles. The van der Waals surface area contributed by atoms with Crippen molar-refractivity contribution in [2.75, 3.05) is 27.3 Å². The maximum absolute atomic E-state index is 13.3. The largest absolute Gasteiger partial charge is 0.493 e. The number of hydrogen-bond donors (Lipinski definition) is 0. The molecular weight excluding hydrogens is 371 g/mol. The Hall–Kier alpha value is -2.60. The average Bonchev–Trinajstić information content (AvgIpc) is 2.73. The second-order valence-corrected chi connectivity index (χ2v) is 7.79. The quantitative estimate of drug-likeness (QED) is 0.770. The Morgan fingerprint density at radius 2 is 1.72 bits per heavy atom. The summed E-state index contributed by atoms with van der Waals surface area (Å²) in [6.07, 6.45) is 3.31. The van der Waals surface area contributed by atoms with E-state index in [1.165, 1.54) is 18.6 Å². The van der Waals surface area contributed by atoms with Gasteiger partial charge < -0.3 is 14.4 Å². The number of amides is 1. The van der Waals surface area contributed by atoms with Crippen molar-refractivity contribution in [3.8, 4) is 11.5 Å². The molecule has 0 N–H and O–H groups in total. The highest BCUT2D eigenvalue weighted by Crippen LogP contribution is 2.34. The minimum atomic E-state index is -0.211. The molecule has 4 rings (SSSR count). The molecule has 5 nitrogen and oxygen atoms in total. The first-order valence-corrected chi connectivity index (χ1v) is 10.1. The van der Waals surface area contributed by atoms with Crippen LogP contribution in [0, 0.1) is 5.82 Å². The van der Waals surface area contributed by atoms with Gasteiger partial charge in [0.05, 0.1) is 19.8 Å². The molecule has 6 heteroatoms. The van der Waals surface area contributed by atoms with Crippen LogP contribution in [-0.4, -0.2) is 55.1 Å². The molecule has 0 spiro atoms. The normalized spacial score (nSPS) is 21.7. The molecule has 2 bridgehead atoms. The summed E-state index contributed by atoms with van der Waals surface area (Å²) in [5, 5.41) is 0. The summed E-state index contributed by atoms with van der Waals surface area (Å²) in [5.41, 5.74) is 1.65. The van der Waals surface area contributed by atoms with E-state index in [4.69, 9.17) is 9.47 Å². The first-order chi connectivity index (χ1) is 14.1. The van der Waals surface area contributed by atoms with Gasteiger partial charge in [-0.05, 0) is 42.7 Å². The molecule has 0 aromatic heterocycles. The Morgan fingerprint density at radius 1 is 1.03 bits per heavy atom. The van der Waals surface area contributed by atoms with Gasteiger partial charge in [-0.3, -0.25) is 9.69 Å². The summed E-state index contributed by atoms with van der Waals surface area (Å²) in [5.74, 6) is 0.822.